The Bertz CT molecular complexity index is 672. The first-order chi connectivity index (χ1) is 12.9. The third-order valence-electron chi connectivity index (χ3n) is 6.70. The Morgan fingerprint density at radius 3 is 2.26 bits per heavy atom. The van der Waals surface area contributed by atoms with E-state index in [0.29, 0.717) is 13.1 Å². The summed E-state index contributed by atoms with van der Waals surface area (Å²) in [5.74, 6) is 3.02. The number of amides is 3. The van der Waals surface area contributed by atoms with E-state index in [1.165, 1.54) is 19.3 Å². The normalized spacial score (nSPS) is 31.0. The molecule has 4 bridgehead atoms. The molecule has 3 amide bonds. The molecule has 0 atom stereocenters. The number of aryl methyl sites for hydroxylation is 2. The average Bonchev–Trinajstić information content (AvgIpc) is 2.89. The highest BCUT2D eigenvalue weighted by atomic mass is 16.5. The minimum absolute atomic E-state index is 0.00439. The summed E-state index contributed by atoms with van der Waals surface area (Å²) in [4.78, 5) is 24.4. The lowest BCUT2D eigenvalue weighted by Crippen LogP contribution is -2.61. The molecular formula is C20H30N4O3. The van der Waals surface area contributed by atoms with E-state index in [4.69, 9.17) is 4.52 Å². The third-order valence-corrected chi connectivity index (χ3v) is 6.70. The highest BCUT2D eigenvalue weighted by molar-refractivity contribution is 5.78. The summed E-state index contributed by atoms with van der Waals surface area (Å²) in [7, 11) is 0. The Labute approximate surface area is 160 Å². The van der Waals surface area contributed by atoms with Crippen LogP contribution in [0.3, 0.4) is 0 Å². The number of carbonyl (C=O) groups is 2. The maximum Gasteiger partial charge on any atom is 0.315 e. The molecule has 3 N–H and O–H groups in total. The van der Waals surface area contributed by atoms with Crippen LogP contribution in [0, 0.1) is 31.6 Å². The van der Waals surface area contributed by atoms with Crippen molar-refractivity contribution >= 4 is 11.9 Å². The molecule has 5 rings (SSSR count). The Morgan fingerprint density at radius 1 is 1.07 bits per heavy atom. The number of aromatic nitrogens is 1. The SMILES string of the molecule is Cc1noc(C)c1CNC(=O)CCNC(=O)NC12CC3CC(CC(C3)C1)C2. The summed E-state index contributed by atoms with van der Waals surface area (Å²) in [5, 5.41) is 12.9. The Morgan fingerprint density at radius 2 is 1.70 bits per heavy atom. The van der Waals surface area contributed by atoms with Crippen LogP contribution in [0.5, 0.6) is 0 Å². The van der Waals surface area contributed by atoms with Crippen molar-refractivity contribution in [1.82, 2.24) is 21.1 Å². The van der Waals surface area contributed by atoms with Gasteiger partial charge in [0.05, 0.1) is 5.69 Å². The van der Waals surface area contributed by atoms with E-state index in [9.17, 15) is 9.59 Å². The predicted molar refractivity (Wildman–Crippen MR) is 99.9 cm³/mol. The van der Waals surface area contributed by atoms with Gasteiger partial charge in [-0.25, -0.2) is 4.79 Å². The maximum atomic E-state index is 12.4. The molecule has 0 unspecified atom stereocenters. The van der Waals surface area contributed by atoms with Crippen LogP contribution in [0.2, 0.25) is 0 Å². The lowest BCUT2D eigenvalue weighted by Gasteiger charge is -2.56. The monoisotopic (exact) mass is 374 g/mol. The number of hydrogen-bond acceptors (Lipinski definition) is 4. The fourth-order valence-electron chi connectivity index (χ4n) is 5.87. The van der Waals surface area contributed by atoms with Crippen LogP contribution in [0.1, 0.15) is 62.0 Å². The third kappa shape index (κ3) is 3.96. The molecule has 7 nitrogen and oxygen atoms in total. The lowest BCUT2D eigenvalue weighted by atomic mass is 9.53. The van der Waals surface area contributed by atoms with E-state index in [-0.39, 0.29) is 23.9 Å². The molecule has 27 heavy (non-hydrogen) atoms. The van der Waals surface area contributed by atoms with E-state index in [1.807, 2.05) is 13.8 Å². The summed E-state index contributed by atoms with van der Waals surface area (Å²) in [6.45, 7) is 4.43. The highest BCUT2D eigenvalue weighted by Crippen LogP contribution is 2.55. The quantitative estimate of drug-likeness (QED) is 0.713. The van der Waals surface area contributed by atoms with Crippen molar-refractivity contribution in [2.75, 3.05) is 6.54 Å². The number of urea groups is 1. The van der Waals surface area contributed by atoms with Crippen molar-refractivity contribution in [2.45, 2.75) is 70.9 Å². The smallest absolute Gasteiger partial charge is 0.315 e. The minimum Gasteiger partial charge on any atom is -0.361 e. The molecule has 0 aromatic carbocycles. The fourth-order valence-corrected chi connectivity index (χ4v) is 5.87. The van der Waals surface area contributed by atoms with Crippen LogP contribution >= 0.6 is 0 Å². The molecule has 1 heterocycles. The van der Waals surface area contributed by atoms with Crippen LogP contribution in [0.4, 0.5) is 4.79 Å². The van der Waals surface area contributed by atoms with Gasteiger partial charge in [-0.05, 0) is 70.1 Å². The molecule has 1 aromatic heterocycles. The molecule has 1 aromatic rings. The van der Waals surface area contributed by atoms with Crippen molar-refractivity contribution in [3.63, 3.8) is 0 Å². The van der Waals surface area contributed by atoms with Crippen LogP contribution in [0.25, 0.3) is 0 Å². The van der Waals surface area contributed by atoms with Gasteiger partial charge >= 0.3 is 6.03 Å². The van der Waals surface area contributed by atoms with Gasteiger partial charge in [-0.1, -0.05) is 5.16 Å². The van der Waals surface area contributed by atoms with E-state index >= 15 is 0 Å². The molecule has 0 saturated heterocycles. The standard InChI is InChI=1S/C20H30N4O3/c1-12-17(13(2)27-24-12)11-22-18(25)3-4-21-19(26)23-20-8-14-5-15(9-20)7-16(6-14)10-20/h14-16H,3-11H2,1-2H3,(H,22,25)(H2,21,23,26). The van der Waals surface area contributed by atoms with Gasteiger partial charge in [-0.2, -0.15) is 0 Å². The molecule has 7 heteroatoms. The van der Waals surface area contributed by atoms with Gasteiger partial charge in [0.25, 0.3) is 0 Å². The number of rotatable bonds is 6. The number of nitrogens with one attached hydrogen (secondary N) is 3. The first-order valence-corrected chi connectivity index (χ1v) is 10.2. The topological polar surface area (TPSA) is 96.3 Å². The molecular weight excluding hydrogens is 344 g/mol. The summed E-state index contributed by atoms with van der Waals surface area (Å²) >= 11 is 0. The van der Waals surface area contributed by atoms with Crippen molar-refractivity contribution in [1.29, 1.82) is 0 Å². The molecule has 0 aliphatic heterocycles. The van der Waals surface area contributed by atoms with Crippen LogP contribution in [0.15, 0.2) is 4.52 Å². The van der Waals surface area contributed by atoms with Gasteiger partial charge in [0.1, 0.15) is 5.76 Å². The summed E-state index contributed by atoms with van der Waals surface area (Å²) in [6.07, 6.45) is 7.71. The Balaban J connectivity index is 1.18. The molecule has 4 aliphatic rings. The van der Waals surface area contributed by atoms with Crippen LogP contribution in [-0.2, 0) is 11.3 Å². The van der Waals surface area contributed by atoms with E-state index in [1.54, 1.807) is 0 Å². The van der Waals surface area contributed by atoms with Crippen LogP contribution < -0.4 is 16.0 Å². The van der Waals surface area contributed by atoms with Gasteiger partial charge in [0.2, 0.25) is 5.91 Å². The maximum absolute atomic E-state index is 12.4. The zero-order valence-corrected chi connectivity index (χ0v) is 16.3. The summed E-state index contributed by atoms with van der Waals surface area (Å²) in [5.41, 5.74) is 1.71. The highest BCUT2D eigenvalue weighted by Gasteiger charge is 2.51. The van der Waals surface area contributed by atoms with Gasteiger partial charge in [-0.3, -0.25) is 4.79 Å². The van der Waals surface area contributed by atoms with Gasteiger partial charge in [0, 0.05) is 30.6 Å². The first kappa shape index (κ1) is 18.3. The zero-order chi connectivity index (χ0) is 19.0. The van der Waals surface area contributed by atoms with E-state index in [0.717, 1.165) is 54.0 Å². The molecule has 4 saturated carbocycles. The van der Waals surface area contributed by atoms with Crippen molar-refractivity contribution < 1.29 is 14.1 Å². The Hall–Kier alpha value is -2.05. The number of nitrogens with zero attached hydrogens (tertiary/aromatic N) is 1. The second-order valence-corrected chi connectivity index (χ2v) is 8.91. The second-order valence-electron chi connectivity index (χ2n) is 8.91. The van der Waals surface area contributed by atoms with E-state index in [2.05, 4.69) is 21.1 Å². The number of hydrogen-bond donors (Lipinski definition) is 3. The van der Waals surface area contributed by atoms with Gasteiger partial charge < -0.3 is 20.5 Å². The Kier molecular flexibility index (Phi) is 4.86. The molecule has 4 aliphatic carbocycles. The van der Waals surface area contributed by atoms with Gasteiger partial charge in [-0.15, -0.1) is 0 Å². The van der Waals surface area contributed by atoms with Crippen molar-refractivity contribution in [3.8, 4) is 0 Å². The molecule has 0 radical (unpaired) electrons. The predicted octanol–water partition coefficient (Wildman–Crippen LogP) is 2.57. The van der Waals surface area contributed by atoms with Crippen LogP contribution in [-0.4, -0.2) is 29.2 Å². The minimum atomic E-state index is -0.129. The lowest BCUT2D eigenvalue weighted by molar-refractivity contribution is -0.121. The average molecular weight is 374 g/mol. The second kappa shape index (κ2) is 7.17. The zero-order valence-electron chi connectivity index (χ0n) is 16.3. The van der Waals surface area contributed by atoms with Gasteiger partial charge in [0.15, 0.2) is 0 Å². The molecule has 4 fully saturated rings. The molecule has 148 valence electrons. The first-order valence-electron chi connectivity index (χ1n) is 10.2. The number of carbonyl (C=O) groups excluding carboxylic acids is 2. The van der Waals surface area contributed by atoms with Crippen molar-refractivity contribution in [3.05, 3.63) is 17.0 Å². The molecule has 0 spiro atoms. The summed E-state index contributed by atoms with van der Waals surface area (Å²) in [6, 6.07) is -0.129. The summed E-state index contributed by atoms with van der Waals surface area (Å²) < 4.78 is 5.09. The fraction of sp³-hybridized carbons (Fsp3) is 0.750. The van der Waals surface area contributed by atoms with E-state index < -0.39 is 0 Å². The largest absolute Gasteiger partial charge is 0.361 e. The van der Waals surface area contributed by atoms with Crippen molar-refractivity contribution in [2.24, 2.45) is 17.8 Å².